The molecule has 4 nitrogen and oxygen atoms in total. The smallest absolute Gasteiger partial charge is 0.180 e. The second kappa shape index (κ2) is 12.6. The molecule has 3 aromatic heterocycles. The van der Waals surface area contributed by atoms with Crippen molar-refractivity contribution in [1.29, 1.82) is 0 Å². The maximum atomic E-state index is 6.74. The molecule has 0 saturated carbocycles. The molecule has 0 aliphatic rings. The van der Waals surface area contributed by atoms with E-state index in [1.807, 2.05) is 24.3 Å². The molecule has 0 aliphatic heterocycles. The summed E-state index contributed by atoms with van der Waals surface area (Å²) < 4.78 is 13.1. The van der Waals surface area contributed by atoms with Crippen LogP contribution in [0.15, 0.2) is 203 Å². The normalized spacial score (nSPS) is 12.2. The highest BCUT2D eigenvalue weighted by atomic mass is 16.3. The minimum absolute atomic E-state index is 0.661. The Labute approximate surface area is 354 Å². The summed E-state index contributed by atoms with van der Waals surface area (Å²) >= 11 is 0. The summed E-state index contributed by atoms with van der Waals surface area (Å²) in [5.41, 5.74) is 11.4. The molecule has 14 rings (SSSR count). The topological polar surface area (TPSA) is 52.1 Å². The molecule has 0 fully saturated rings. The van der Waals surface area contributed by atoms with Crippen LogP contribution in [0.25, 0.3) is 143 Å². The van der Waals surface area contributed by atoms with Gasteiger partial charge >= 0.3 is 0 Å². The first-order chi connectivity index (χ1) is 30.7. The number of nitrogens with zero attached hydrogens (tertiary/aromatic N) is 2. The van der Waals surface area contributed by atoms with Crippen LogP contribution < -0.4 is 0 Å². The molecule has 0 bridgehead atoms. The van der Waals surface area contributed by atoms with Gasteiger partial charge in [0, 0.05) is 27.3 Å². The van der Waals surface area contributed by atoms with E-state index in [0.717, 1.165) is 66.5 Å². The molecule has 0 radical (unpaired) electrons. The van der Waals surface area contributed by atoms with Crippen LogP contribution in [-0.4, -0.2) is 9.97 Å². The van der Waals surface area contributed by atoms with Crippen molar-refractivity contribution in [3.05, 3.63) is 194 Å². The maximum Gasteiger partial charge on any atom is 0.180 e. The summed E-state index contributed by atoms with van der Waals surface area (Å²) in [7, 11) is 0. The van der Waals surface area contributed by atoms with Gasteiger partial charge in [-0.05, 0) is 119 Å². The summed E-state index contributed by atoms with van der Waals surface area (Å²) in [6, 6.07) is 69.2. The van der Waals surface area contributed by atoms with E-state index in [-0.39, 0.29) is 0 Å². The lowest BCUT2D eigenvalue weighted by molar-refractivity contribution is 0.667. The summed E-state index contributed by atoms with van der Waals surface area (Å²) in [5.74, 6) is 0.661. The maximum absolute atomic E-state index is 6.74. The third-order valence-electron chi connectivity index (χ3n) is 13.0. The first kappa shape index (κ1) is 33.5. The quantitative estimate of drug-likeness (QED) is 0.167. The van der Waals surface area contributed by atoms with E-state index in [4.69, 9.17) is 18.8 Å². The average molecular weight is 789 g/mol. The van der Waals surface area contributed by atoms with Gasteiger partial charge in [-0.2, -0.15) is 0 Å². The largest absolute Gasteiger partial charge is 0.456 e. The van der Waals surface area contributed by atoms with E-state index in [0.29, 0.717) is 11.4 Å². The zero-order valence-electron chi connectivity index (χ0n) is 33.2. The molecular weight excluding hydrogens is 757 g/mol. The molecule has 0 saturated heterocycles. The van der Waals surface area contributed by atoms with Gasteiger partial charge in [0.15, 0.2) is 11.4 Å². The molecule has 0 aliphatic carbocycles. The third kappa shape index (κ3) is 4.77. The van der Waals surface area contributed by atoms with E-state index in [9.17, 15) is 0 Å². The van der Waals surface area contributed by atoms with Gasteiger partial charge in [0.05, 0.1) is 0 Å². The Morgan fingerprint density at radius 2 is 0.742 bits per heavy atom. The van der Waals surface area contributed by atoms with Crippen LogP contribution >= 0.6 is 0 Å². The minimum Gasteiger partial charge on any atom is -0.456 e. The van der Waals surface area contributed by atoms with Gasteiger partial charge in [0.25, 0.3) is 0 Å². The molecule has 0 amide bonds. The Morgan fingerprint density at radius 1 is 0.274 bits per heavy atom. The van der Waals surface area contributed by atoms with Crippen LogP contribution in [0.1, 0.15) is 0 Å². The zero-order valence-corrected chi connectivity index (χ0v) is 33.2. The number of aromatic nitrogens is 2. The van der Waals surface area contributed by atoms with Crippen molar-refractivity contribution in [2.45, 2.75) is 0 Å². The summed E-state index contributed by atoms with van der Waals surface area (Å²) in [5, 5.41) is 15.5. The Hall–Kier alpha value is -8.34. The molecule has 0 N–H and O–H groups in total. The molecule has 62 heavy (non-hydrogen) atoms. The van der Waals surface area contributed by atoms with Gasteiger partial charge in [-0.15, -0.1) is 0 Å². The lowest BCUT2D eigenvalue weighted by Crippen LogP contribution is -1.94. The van der Waals surface area contributed by atoms with E-state index < -0.39 is 0 Å². The van der Waals surface area contributed by atoms with Crippen molar-refractivity contribution in [2.24, 2.45) is 0 Å². The molecule has 3 heterocycles. The number of fused-ring (bicyclic) bond motifs is 12. The van der Waals surface area contributed by atoms with Gasteiger partial charge in [-0.25, -0.2) is 9.97 Å². The Bertz CT molecular complexity index is 4150. The molecule has 0 unspecified atom stereocenters. The Balaban J connectivity index is 1.01. The minimum atomic E-state index is 0.661. The number of benzene rings is 11. The zero-order chi connectivity index (χ0) is 40.5. The molecular formula is C58H32N2O2. The lowest BCUT2D eigenvalue weighted by Gasteiger charge is -2.14. The Kier molecular flexibility index (Phi) is 6.80. The van der Waals surface area contributed by atoms with Gasteiger partial charge < -0.3 is 8.83 Å². The monoisotopic (exact) mass is 788 g/mol. The highest BCUT2D eigenvalue weighted by molar-refractivity contribution is 6.33. The van der Waals surface area contributed by atoms with Crippen LogP contribution in [0.4, 0.5) is 0 Å². The second-order valence-electron chi connectivity index (χ2n) is 16.4. The van der Waals surface area contributed by atoms with Gasteiger partial charge in [0.2, 0.25) is 0 Å². The first-order valence-corrected chi connectivity index (χ1v) is 21.0. The van der Waals surface area contributed by atoms with Crippen molar-refractivity contribution < 1.29 is 8.83 Å². The molecule has 0 atom stereocenters. The average Bonchev–Trinajstić information content (AvgIpc) is 3.92. The standard InChI is InChI=1S/C58H32N2O2/c1-3-11-33(12-4-1)35-24-28-50-49(31-35)56-57(62-50)55(59-58(60-56)34-13-5-2-6-14-34)38-23-27-42-40-16-8-7-15-39(40)41-25-21-37(30-47(41)48(42)32-38)36-22-26-43-44-17-9-19-51-53(44)54-45(46(43)29-36)18-10-20-52(54)61-51/h1-32H. The fourth-order valence-electron chi connectivity index (χ4n) is 10.1. The van der Waals surface area contributed by atoms with Crippen LogP contribution in [0.5, 0.6) is 0 Å². The molecule has 14 aromatic rings. The number of hydrogen-bond acceptors (Lipinski definition) is 4. The molecule has 0 spiro atoms. The van der Waals surface area contributed by atoms with Crippen LogP contribution in [-0.2, 0) is 0 Å². The fourth-order valence-corrected chi connectivity index (χ4v) is 10.1. The third-order valence-corrected chi connectivity index (χ3v) is 13.0. The molecule has 286 valence electrons. The summed E-state index contributed by atoms with van der Waals surface area (Å²) in [4.78, 5) is 10.5. The SMILES string of the molecule is c1ccc(-c2ccc3oc4c(-c5ccc6c7ccccc7c7ccc(-c8ccc9c(c8)c8cccc%10oc%11cccc9c%11c%108)cc7c6c5)nc(-c5ccccc5)nc4c3c2)cc1. The summed E-state index contributed by atoms with van der Waals surface area (Å²) in [6.45, 7) is 0. The molecule has 4 heteroatoms. The number of furan rings is 2. The predicted octanol–water partition coefficient (Wildman–Crippen LogP) is 16.1. The predicted molar refractivity (Wildman–Crippen MR) is 257 cm³/mol. The van der Waals surface area contributed by atoms with Crippen molar-refractivity contribution in [1.82, 2.24) is 9.97 Å². The van der Waals surface area contributed by atoms with Crippen molar-refractivity contribution >= 4 is 97.9 Å². The molecule has 11 aromatic carbocycles. The van der Waals surface area contributed by atoms with Crippen molar-refractivity contribution in [3.8, 4) is 44.9 Å². The lowest BCUT2D eigenvalue weighted by atomic mass is 9.89. The number of hydrogen-bond donors (Lipinski definition) is 0. The van der Waals surface area contributed by atoms with Gasteiger partial charge in [-0.3, -0.25) is 0 Å². The van der Waals surface area contributed by atoms with Crippen molar-refractivity contribution in [3.63, 3.8) is 0 Å². The number of rotatable bonds is 4. The summed E-state index contributed by atoms with van der Waals surface area (Å²) in [6.07, 6.45) is 0. The van der Waals surface area contributed by atoms with Crippen LogP contribution in [0.2, 0.25) is 0 Å². The van der Waals surface area contributed by atoms with E-state index in [1.165, 1.54) is 64.8 Å². The van der Waals surface area contributed by atoms with E-state index >= 15 is 0 Å². The first-order valence-electron chi connectivity index (χ1n) is 21.0. The van der Waals surface area contributed by atoms with Crippen LogP contribution in [0.3, 0.4) is 0 Å². The van der Waals surface area contributed by atoms with Gasteiger partial charge in [0.1, 0.15) is 28.0 Å². The fraction of sp³-hybridized carbons (Fsp3) is 0. The van der Waals surface area contributed by atoms with E-state index in [1.54, 1.807) is 0 Å². The van der Waals surface area contributed by atoms with E-state index in [2.05, 4.69) is 170 Å². The van der Waals surface area contributed by atoms with Crippen molar-refractivity contribution in [2.75, 3.05) is 0 Å². The van der Waals surface area contributed by atoms with Crippen LogP contribution in [0, 0.1) is 0 Å². The van der Waals surface area contributed by atoms with Gasteiger partial charge in [-0.1, -0.05) is 152 Å². The second-order valence-corrected chi connectivity index (χ2v) is 16.4. The highest BCUT2D eigenvalue weighted by Gasteiger charge is 2.21. The highest BCUT2D eigenvalue weighted by Crippen LogP contribution is 2.45. The Morgan fingerprint density at radius 3 is 1.40 bits per heavy atom.